The first kappa shape index (κ1) is 22.2. The Morgan fingerprint density at radius 2 is 1.68 bits per heavy atom. The number of hydrogen-bond acceptors (Lipinski definition) is 5. The van der Waals surface area contributed by atoms with E-state index < -0.39 is 0 Å². The maximum atomic E-state index is 6.01. The first-order valence-corrected chi connectivity index (χ1v) is 10.5. The highest BCUT2D eigenvalue weighted by atomic mass is 16.5. The van der Waals surface area contributed by atoms with Crippen LogP contribution in [0, 0.1) is 6.92 Å². The third-order valence-corrected chi connectivity index (χ3v) is 4.97. The number of nitrogens with one attached hydrogen (secondary N) is 1. The van der Waals surface area contributed by atoms with Gasteiger partial charge in [0.15, 0.2) is 0 Å². The molecular formula is C23H35N3O2. The Bertz CT molecular complexity index is 758. The van der Waals surface area contributed by atoms with Gasteiger partial charge in [-0.1, -0.05) is 33.8 Å². The average Bonchev–Trinajstić information content (AvgIpc) is 2.72. The van der Waals surface area contributed by atoms with E-state index in [4.69, 9.17) is 19.4 Å². The maximum Gasteiger partial charge on any atom is 0.148 e. The molecule has 2 aromatic rings. The van der Waals surface area contributed by atoms with Crippen molar-refractivity contribution in [2.24, 2.45) is 0 Å². The molecule has 0 radical (unpaired) electrons. The summed E-state index contributed by atoms with van der Waals surface area (Å²) in [5, 5.41) is 3.60. The molecule has 0 aliphatic carbocycles. The Hall–Kier alpha value is -2.14. The second kappa shape index (κ2) is 11.0. The van der Waals surface area contributed by atoms with Gasteiger partial charge >= 0.3 is 0 Å². The third kappa shape index (κ3) is 5.44. The lowest BCUT2D eigenvalue weighted by Gasteiger charge is -2.20. The largest absolute Gasteiger partial charge is 0.490 e. The number of methoxy groups -OCH3 is 1. The molecule has 1 N–H and O–H groups in total. The number of hydrogen-bond donors (Lipinski definition) is 1. The Labute approximate surface area is 169 Å². The van der Waals surface area contributed by atoms with E-state index >= 15 is 0 Å². The SMILES string of the molecule is CCc1nc(-c2ccc(C)cc2OCCOC)c(CC)nc1NC(CC)CC. The van der Waals surface area contributed by atoms with Crippen molar-refractivity contribution in [1.29, 1.82) is 0 Å². The fourth-order valence-corrected chi connectivity index (χ4v) is 3.19. The first-order chi connectivity index (χ1) is 13.6. The minimum atomic E-state index is 0.419. The quantitative estimate of drug-likeness (QED) is 0.539. The van der Waals surface area contributed by atoms with Gasteiger partial charge < -0.3 is 14.8 Å². The lowest BCUT2D eigenvalue weighted by molar-refractivity contribution is 0.146. The van der Waals surface area contributed by atoms with Crippen LogP contribution in [-0.2, 0) is 17.6 Å². The second-order valence-electron chi connectivity index (χ2n) is 7.02. The van der Waals surface area contributed by atoms with Gasteiger partial charge in [0.25, 0.3) is 0 Å². The Morgan fingerprint density at radius 1 is 0.964 bits per heavy atom. The molecule has 154 valence electrons. The fourth-order valence-electron chi connectivity index (χ4n) is 3.19. The Kier molecular flexibility index (Phi) is 8.71. The molecule has 1 aromatic heterocycles. The summed E-state index contributed by atoms with van der Waals surface area (Å²) in [7, 11) is 1.68. The molecule has 0 spiro atoms. The van der Waals surface area contributed by atoms with Crippen LogP contribution < -0.4 is 10.1 Å². The summed E-state index contributed by atoms with van der Waals surface area (Å²) in [6.07, 6.45) is 3.79. The molecule has 0 aliphatic heterocycles. The van der Waals surface area contributed by atoms with Crippen molar-refractivity contribution in [3.8, 4) is 17.0 Å². The lowest BCUT2D eigenvalue weighted by Crippen LogP contribution is -2.20. The van der Waals surface area contributed by atoms with Crippen LogP contribution in [0.3, 0.4) is 0 Å². The van der Waals surface area contributed by atoms with Crippen molar-refractivity contribution < 1.29 is 9.47 Å². The summed E-state index contributed by atoms with van der Waals surface area (Å²) in [6, 6.07) is 6.67. The number of nitrogens with zero attached hydrogens (tertiary/aromatic N) is 2. The molecule has 1 aromatic carbocycles. The van der Waals surface area contributed by atoms with Crippen LogP contribution in [0.1, 0.15) is 57.5 Å². The van der Waals surface area contributed by atoms with E-state index in [1.807, 2.05) is 0 Å². The summed E-state index contributed by atoms with van der Waals surface area (Å²) < 4.78 is 11.1. The molecular weight excluding hydrogens is 350 g/mol. The zero-order chi connectivity index (χ0) is 20.5. The van der Waals surface area contributed by atoms with Crippen molar-refractivity contribution in [2.45, 2.75) is 66.3 Å². The predicted octanol–water partition coefficient (Wildman–Crippen LogP) is 5.20. The van der Waals surface area contributed by atoms with Gasteiger partial charge in [-0.25, -0.2) is 9.97 Å². The molecule has 0 aliphatic rings. The van der Waals surface area contributed by atoms with Crippen LogP contribution in [-0.4, -0.2) is 36.3 Å². The number of rotatable bonds is 11. The number of anilines is 1. The van der Waals surface area contributed by atoms with Crippen LogP contribution in [0.2, 0.25) is 0 Å². The zero-order valence-corrected chi connectivity index (χ0v) is 18.3. The van der Waals surface area contributed by atoms with Gasteiger partial charge in [-0.3, -0.25) is 0 Å². The van der Waals surface area contributed by atoms with Crippen LogP contribution in [0.25, 0.3) is 11.3 Å². The minimum Gasteiger partial charge on any atom is -0.490 e. The molecule has 0 unspecified atom stereocenters. The summed E-state index contributed by atoms with van der Waals surface area (Å²) in [5.74, 6) is 1.76. The van der Waals surface area contributed by atoms with Crippen molar-refractivity contribution in [1.82, 2.24) is 9.97 Å². The van der Waals surface area contributed by atoms with Crippen LogP contribution >= 0.6 is 0 Å². The Morgan fingerprint density at radius 3 is 2.29 bits per heavy atom. The van der Waals surface area contributed by atoms with Crippen molar-refractivity contribution in [2.75, 3.05) is 25.6 Å². The van der Waals surface area contributed by atoms with Gasteiger partial charge in [0.1, 0.15) is 18.2 Å². The van der Waals surface area contributed by atoms with E-state index in [1.165, 1.54) is 0 Å². The highest BCUT2D eigenvalue weighted by Crippen LogP contribution is 2.33. The van der Waals surface area contributed by atoms with Gasteiger partial charge in [-0.15, -0.1) is 0 Å². The average molecular weight is 386 g/mol. The molecule has 1 heterocycles. The van der Waals surface area contributed by atoms with E-state index in [1.54, 1.807) is 7.11 Å². The summed E-state index contributed by atoms with van der Waals surface area (Å²) in [5.41, 5.74) is 5.07. The highest BCUT2D eigenvalue weighted by molar-refractivity contribution is 5.71. The van der Waals surface area contributed by atoms with E-state index in [0.29, 0.717) is 19.3 Å². The summed E-state index contributed by atoms with van der Waals surface area (Å²) >= 11 is 0. The van der Waals surface area contributed by atoms with E-state index in [0.717, 1.165) is 65.5 Å². The Balaban J connectivity index is 2.50. The number of ether oxygens (including phenoxy) is 2. The van der Waals surface area contributed by atoms with Crippen molar-refractivity contribution >= 4 is 5.82 Å². The van der Waals surface area contributed by atoms with E-state index in [9.17, 15) is 0 Å². The zero-order valence-electron chi connectivity index (χ0n) is 18.3. The normalized spacial score (nSPS) is 11.1. The van der Waals surface area contributed by atoms with Crippen molar-refractivity contribution in [3.63, 3.8) is 0 Å². The second-order valence-corrected chi connectivity index (χ2v) is 7.02. The summed E-state index contributed by atoms with van der Waals surface area (Å²) in [6.45, 7) is 11.8. The molecule has 0 amide bonds. The fraction of sp³-hybridized carbons (Fsp3) is 0.565. The lowest BCUT2D eigenvalue weighted by atomic mass is 10.0. The molecule has 28 heavy (non-hydrogen) atoms. The number of aromatic nitrogens is 2. The maximum absolute atomic E-state index is 6.01. The van der Waals surface area contributed by atoms with Crippen LogP contribution in [0.15, 0.2) is 18.2 Å². The molecule has 0 atom stereocenters. The minimum absolute atomic E-state index is 0.419. The predicted molar refractivity (Wildman–Crippen MR) is 116 cm³/mol. The number of benzene rings is 1. The molecule has 0 saturated heterocycles. The van der Waals surface area contributed by atoms with Gasteiger partial charge in [0.05, 0.1) is 23.7 Å². The van der Waals surface area contributed by atoms with Crippen LogP contribution in [0.4, 0.5) is 5.82 Å². The molecule has 5 heteroatoms. The number of aryl methyl sites for hydroxylation is 3. The first-order valence-electron chi connectivity index (χ1n) is 10.5. The standard InChI is InChI=1S/C23H35N3O2/c1-7-17(8-2)24-23-20(10-4)25-22(19(9-3)26-23)18-12-11-16(5)15-21(18)28-14-13-27-6/h11-12,15,17H,7-10,13-14H2,1-6H3,(H,24,26). The van der Waals surface area contributed by atoms with Gasteiger partial charge in [-0.05, 0) is 50.3 Å². The van der Waals surface area contributed by atoms with Gasteiger partial charge in [-0.2, -0.15) is 0 Å². The summed E-state index contributed by atoms with van der Waals surface area (Å²) in [4.78, 5) is 10.0. The van der Waals surface area contributed by atoms with Crippen LogP contribution in [0.5, 0.6) is 5.75 Å². The van der Waals surface area contributed by atoms with Gasteiger partial charge in [0, 0.05) is 18.7 Å². The topological polar surface area (TPSA) is 56.3 Å². The molecule has 0 fully saturated rings. The molecule has 0 saturated carbocycles. The highest BCUT2D eigenvalue weighted by Gasteiger charge is 2.18. The monoisotopic (exact) mass is 385 g/mol. The van der Waals surface area contributed by atoms with Gasteiger partial charge in [0.2, 0.25) is 0 Å². The van der Waals surface area contributed by atoms with E-state index in [-0.39, 0.29) is 0 Å². The molecule has 5 nitrogen and oxygen atoms in total. The smallest absolute Gasteiger partial charge is 0.148 e. The van der Waals surface area contributed by atoms with E-state index in [2.05, 4.69) is 58.1 Å². The third-order valence-electron chi connectivity index (χ3n) is 4.97. The molecule has 0 bridgehead atoms. The van der Waals surface area contributed by atoms with Crippen molar-refractivity contribution in [3.05, 3.63) is 35.2 Å². The molecule has 2 rings (SSSR count).